The van der Waals surface area contributed by atoms with E-state index in [0.717, 1.165) is 28.8 Å². The van der Waals surface area contributed by atoms with Gasteiger partial charge in [0.25, 0.3) is 0 Å². The van der Waals surface area contributed by atoms with E-state index in [-0.39, 0.29) is 5.75 Å². The van der Waals surface area contributed by atoms with Gasteiger partial charge in [0.05, 0.1) is 10.4 Å². The summed E-state index contributed by atoms with van der Waals surface area (Å²) in [7, 11) is 0. The highest BCUT2D eigenvalue weighted by Gasteiger charge is 2.09. The Morgan fingerprint density at radius 1 is 1.33 bits per heavy atom. The molecule has 0 aliphatic heterocycles. The van der Waals surface area contributed by atoms with E-state index in [1.165, 1.54) is 11.9 Å². The molecule has 2 aromatic heterocycles. The molecule has 3 aromatic rings. The number of phenolic OH excluding ortho intramolecular Hbond substituents is 1. The van der Waals surface area contributed by atoms with Crippen LogP contribution in [-0.4, -0.2) is 20.1 Å². The number of anilines is 1. The molecule has 0 saturated carbocycles. The van der Waals surface area contributed by atoms with Crippen molar-refractivity contribution in [2.75, 3.05) is 5.32 Å². The van der Waals surface area contributed by atoms with Crippen molar-refractivity contribution < 1.29 is 5.11 Å². The van der Waals surface area contributed by atoms with E-state index in [0.29, 0.717) is 11.6 Å². The van der Waals surface area contributed by atoms with Crippen molar-refractivity contribution in [1.29, 1.82) is 0 Å². The molecular weight excluding hydrogens is 288 g/mol. The summed E-state index contributed by atoms with van der Waals surface area (Å²) >= 11 is 5.91. The van der Waals surface area contributed by atoms with Gasteiger partial charge in [-0.05, 0) is 29.7 Å². The topological polar surface area (TPSA) is 73.8 Å². The number of nitrogens with one attached hydrogen (secondary N) is 2. The minimum Gasteiger partial charge on any atom is -0.506 e. The van der Waals surface area contributed by atoms with Crippen LogP contribution in [0.3, 0.4) is 0 Å². The van der Waals surface area contributed by atoms with Crippen molar-refractivity contribution in [2.24, 2.45) is 0 Å². The van der Waals surface area contributed by atoms with Crippen LogP contribution in [0.15, 0.2) is 30.7 Å². The molecule has 1 aromatic carbocycles. The molecule has 0 aliphatic carbocycles. The van der Waals surface area contributed by atoms with E-state index in [1.807, 2.05) is 12.3 Å². The second-order valence-corrected chi connectivity index (χ2v) is 5.16. The molecule has 0 spiro atoms. The Morgan fingerprint density at radius 2 is 2.19 bits per heavy atom. The van der Waals surface area contributed by atoms with Crippen molar-refractivity contribution in [3.8, 4) is 5.75 Å². The van der Waals surface area contributed by atoms with Crippen LogP contribution in [0.4, 0.5) is 5.82 Å². The molecule has 0 aliphatic rings. The zero-order chi connectivity index (χ0) is 14.8. The Bertz CT molecular complexity index is 784. The van der Waals surface area contributed by atoms with Crippen LogP contribution in [0, 0.1) is 0 Å². The summed E-state index contributed by atoms with van der Waals surface area (Å²) in [6, 6.07) is 5.15. The fourth-order valence-electron chi connectivity index (χ4n) is 2.29. The normalized spacial score (nSPS) is 11.0. The molecule has 3 rings (SSSR count). The van der Waals surface area contributed by atoms with Gasteiger partial charge in [-0.2, -0.15) is 0 Å². The second kappa shape index (κ2) is 5.61. The summed E-state index contributed by atoms with van der Waals surface area (Å²) in [6.07, 6.45) is 4.40. The summed E-state index contributed by atoms with van der Waals surface area (Å²) in [6.45, 7) is 2.67. The Kier molecular flexibility index (Phi) is 3.66. The third-order valence-corrected chi connectivity index (χ3v) is 3.71. The summed E-state index contributed by atoms with van der Waals surface area (Å²) < 4.78 is 0. The number of aromatic amines is 1. The summed E-state index contributed by atoms with van der Waals surface area (Å²) in [5, 5.41) is 14.1. The number of aryl methyl sites for hydroxylation is 1. The first kappa shape index (κ1) is 13.7. The highest BCUT2D eigenvalue weighted by Crippen LogP contribution is 2.26. The molecule has 21 heavy (non-hydrogen) atoms. The van der Waals surface area contributed by atoms with Gasteiger partial charge < -0.3 is 15.4 Å². The van der Waals surface area contributed by atoms with Gasteiger partial charge in [-0.15, -0.1) is 0 Å². The number of benzene rings is 1. The molecule has 0 unspecified atom stereocenters. The summed E-state index contributed by atoms with van der Waals surface area (Å²) in [5.74, 6) is 0.881. The number of aromatic nitrogens is 3. The molecule has 0 amide bonds. The van der Waals surface area contributed by atoms with Crippen LogP contribution in [0.25, 0.3) is 11.0 Å². The monoisotopic (exact) mass is 302 g/mol. The molecule has 5 nitrogen and oxygen atoms in total. The van der Waals surface area contributed by atoms with Gasteiger partial charge in [0.1, 0.15) is 23.5 Å². The Morgan fingerprint density at radius 3 is 2.95 bits per heavy atom. The van der Waals surface area contributed by atoms with Crippen molar-refractivity contribution in [1.82, 2.24) is 15.0 Å². The first-order valence-corrected chi connectivity index (χ1v) is 7.09. The molecule has 0 saturated heterocycles. The van der Waals surface area contributed by atoms with Crippen LogP contribution >= 0.6 is 11.6 Å². The molecule has 3 N–H and O–H groups in total. The zero-order valence-corrected chi connectivity index (χ0v) is 12.3. The van der Waals surface area contributed by atoms with Gasteiger partial charge in [-0.3, -0.25) is 0 Å². The predicted molar refractivity (Wildman–Crippen MR) is 83.7 cm³/mol. The minimum absolute atomic E-state index is 0.0868. The lowest BCUT2D eigenvalue weighted by Crippen LogP contribution is -2.02. The quantitative estimate of drug-likeness (QED) is 0.689. The van der Waals surface area contributed by atoms with Crippen LogP contribution in [0.1, 0.15) is 18.1 Å². The highest BCUT2D eigenvalue weighted by atomic mass is 35.5. The molecule has 0 bridgehead atoms. The number of aromatic hydroxyl groups is 1. The van der Waals surface area contributed by atoms with E-state index < -0.39 is 0 Å². The second-order valence-electron chi connectivity index (χ2n) is 4.75. The average Bonchev–Trinajstić information content (AvgIpc) is 2.92. The predicted octanol–water partition coefficient (Wildman–Crippen LogP) is 3.49. The van der Waals surface area contributed by atoms with E-state index >= 15 is 0 Å². The van der Waals surface area contributed by atoms with Crippen molar-refractivity contribution in [3.63, 3.8) is 0 Å². The number of halogens is 1. The van der Waals surface area contributed by atoms with E-state index in [4.69, 9.17) is 11.6 Å². The first-order chi connectivity index (χ1) is 10.2. The molecule has 0 fully saturated rings. The maximum atomic E-state index is 9.43. The van der Waals surface area contributed by atoms with Crippen LogP contribution in [-0.2, 0) is 13.0 Å². The highest BCUT2D eigenvalue weighted by molar-refractivity contribution is 6.32. The lowest BCUT2D eigenvalue weighted by Gasteiger charge is -2.08. The minimum atomic E-state index is 0.0868. The number of hydrogen-bond acceptors (Lipinski definition) is 4. The zero-order valence-electron chi connectivity index (χ0n) is 11.5. The fourth-order valence-corrected chi connectivity index (χ4v) is 2.49. The van der Waals surface area contributed by atoms with Crippen molar-refractivity contribution in [3.05, 3.63) is 46.9 Å². The van der Waals surface area contributed by atoms with Gasteiger partial charge >= 0.3 is 0 Å². The maximum Gasteiger partial charge on any atom is 0.143 e. The van der Waals surface area contributed by atoms with Gasteiger partial charge in [0.2, 0.25) is 0 Å². The lowest BCUT2D eigenvalue weighted by atomic mass is 10.2. The number of nitrogens with zero attached hydrogens (tertiary/aromatic N) is 2. The molecular formula is C15H15ClN4O. The fraction of sp³-hybridized carbons (Fsp3) is 0.200. The Hall–Kier alpha value is -2.27. The summed E-state index contributed by atoms with van der Waals surface area (Å²) in [5.41, 5.74) is 2.98. The van der Waals surface area contributed by atoms with E-state index in [1.54, 1.807) is 12.1 Å². The first-order valence-electron chi connectivity index (χ1n) is 6.71. The number of fused-ring (bicyclic) bond motifs is 1. The average molecular weight is 303 g/mol. The molecule has 2 heterocycles. The summed E-state index contributed by atoms with van der Waals surface area (Å²) in [4.78, 5) is 11.7. The molecule has 0 radical (unpaired) electrons. The van der Waals surface area contributed by atoms with Gasteiger partial charge in [-0.25, -0.2) is 9.97 Å². The SMILES string of the molecule is CCc1c[nH]c2ncnc(NCc3ccc(O)c(Cl)c3)c12. The van der Waals surface area contributed by atoms with Crippen LogP contribution in [0.2, 0.25) is 5.02 Å². The third kappa shape index (κ3) is 2.64. The molecule has 108 valence electrons. The van der Waals surface area contributed by atoms with Gasteiger partial charge in [0.15, 0.2) is 0 Å². The standard InChI is InChI=1S/C15H15ClN4O/c1-2-10-7-18-15-13(10)14(19-8-20-15)17-6-9-3-4-12(21)11(16)5-9/h3-5,7-8,21H,2,6H2,1H3,(H2,17,18,19,20). The molecule has 6 heteroatoms. The van der Waals surface area contributed by atoms with E-state index in [9.17, 15) is 5.11 Å². The van der Waals surface area contributed by atoms with Crippen molar-refractivity contribution >= 4 is 28.5 Å². The van der Waals surface area contributed by atoms with Crippen LogP contribution < -0.4 is 5.32 Å². The van der Waals surface area contributed by atoms with E-state index in [2.05, 4.69) is 27.2 Å². The number of H-pyrrole nitrogens is 1. The maximum absolute atomic E-state index is 9.43. The number of hydrogen-bond donors (Lipinski definition) is 3. The third-order valence-electron chi connectivity index (χ3n) is 3.40. The number of phenols is 1. The largest absolute Gasteiger partial charge is 0.506 e. The van der Waals surface area contributed by atoms with Crippen LogP contribution in [0.5, 0.6) is 5.75 Å². The van der Waals surface area contributed by atoms with Gasteiger partial charge in [0, 0.05) is 12.7 Å². The molecule has 0 atom stereocenters. The van der Waals surface area contributed by atoms with Gasteiger partial charge in [-0.1, -0.05) is 24.6 Å². The smallest absolute Gasteiger partial charge is 0.143 e. The lowest BCUT2D eigenvalue weighted by molar-refractivity contribution is 0.475. The number of rotatable bonds is 4. The Balaban J connectivity index is 1.87. The Labute approximate surface area is 127 Å². The van der Waals surface area contributed by atoms with Crippen molar-refractivity contribution in [2.45, 2.75) is 19.9 Å².